The van der Waals surface area contributed by atoms with E-state index in [9.17, 15) is 4.79 Å². The van der Waals surface area contributed by atoms with Crippen LogP contribution in [-0.2, 0) is 7.05 Å². The summed E-state index contributed by atoms with van der Waals surface area (Å²) in [6.07, 6.45) is 0. The summed E-state index contributed by atoms with van der Waals surface area (Å²) in [6, 6.07) is 6.94. The number of rotatable bonds is 1. The maximum absolute atomic E-state index is 10.8. The minimum absolute atomic E-state index is 0.266. The Morgan fingerprint density at radius 3 is 2.79 bits per heavy atom. The molecule has 14 heavy (non-hydrogen) atoms. The normalized spacial score (nSPS) is 10.7. The summed E-state index contributed by atoms with van der Waals surface area (Å²) >= 11 is 5.82. The van der Waals surface area contributed by atoms with E-state index in [2.05, 4.69) is 0 Å². The van der Waals surface area contributed by atoms with Crippen molar-refractivity contribution in [3.63, 3.8) is 0 Å². The van der Waals surface area contributed by atoms with Crippen molar-refractivity contribution in [2.75, 3.05) is 0 Å². The molecular weight excluding hydrogens is 202 g/mol. The number of aromatic carboxylic acids is 1. The Kier molecular flexibility index (Phi) is 1.97. The van der Waals surface area contributed by atoms with Crippen LogP contribution in [0.4, 0.5) is 0 Å². The number of benzene rings is 1. The van der Waals surface area contributed by atoms with Crippen LogP contribution in [0.25, 0.3) is 10.9 Å². The second kappa shape index (κ2) is 3.03. The number of halogens is 1. The van der Waals surface area contributed by atoms with E-state index in [-0.39, 0.29) is 5.69 Å². The van der Waals surface area contributed by atoms with Crippen molar-refractivity contribution in [1.82, 2.24) is 4.57 Å². The lowest BCUT2D eigenvalue weighted by Gasteiger charge is -1.98. The lowest BCUT2D eigenvalue weighted by atomic mass is 10.2. The van der Waals surface area contributed by atoms with E-state index >= 15 is 0 Å². The second-order valence-electron chi connectivity index (χ2n) is 3.10. The molecule has 72 valence electrons. The van der Waals surface area contributed by atoms with Crippen LogP contribution in [-0.4, -0.2) is 15.6 Å². The molecule has 0 fully saturated rings. The smallest absolute Gasteiger partial charge is 0.352 e. The molecule has 0 bridgehead atoms. The van der Waals surface area contributed by atoms with Gasteiger partial charge in [0.1, 0.15) is 5.69 Å². The van der Waals surface area contributed by atoms with Crippen molar-refractivity contribution in [2.24, 2.45) is 7.05 Å². The first-order valence-electron chi connectivity index (χ1n) is 4.08. The van der Waals surface area contributed by atoms with Crippen molar-refractivity contribution >= 4 is 28.5 Å². The summed E-state index contributed by atoms with van der Waals surface area (Å²) < 4.78 is 1.61. The molecule has 0 amide bonds. The Morgan fingerprint density at radius 1 is 1.43 bits per heavy atom. The first kappa shape index (κ1) is 9.09. The lowest BCUT2D eigenvalue weighted by molar-refractivity contribution is 0.0687. The van der Waals surface area contributed by atoms with Gasteiger partial charge >= 0.3 is 5.97 Å². The number of carbonyl (C=O) groups is 1. The van der Waals surface area contributed by atoms with Gasteiger partial charge in [0.05, 0.1) is 0 Å². The minimum Gasteiger partial charge on any atom is -0.477 e. The largest absolute Gasteiger partial charge is 0.477 e. The van der Waals surface area contributed by atoms with Crippen molar-refractivity contribution in [2.45, 2.75) is 0 Å². The van der Waals surface area contributed by atoms with E-state index in [1.54, 1.807) is 29.8 Å². The van der Waals surface area contributed by atoms with Crippen molar-refractivity contribution < 1.29 is 9.90 Å². The third kappa shape index (κ3) is 1.26. The molecule has 0 aliphatic carbocycles. The van der Waals surface area contributed by atoms with Gasteiger partial charge in [0.25, 0.3) is 0 Å². The van der Waals surface area contributed by atoms with Gasteiger partial charge < -0.3 is 9.67 Å². The molecule has 0 saturated heterocycles. The Labute approximate surface area is 85.5 Å². The first-order chi connectivity index (χ1) is 6.59. The SMILES string of the molecule is Cn1c(C(=O)O)cc2ccc(Cl)cc21. The summed E-state index contributed by atoms with van der Waals surface area (Å²) in [5.74, 6) is -0.931. The Hall–Kier alpha value is -1.48. The monoisotopic (exact) mass is 209 g/mol. The molecule has 0 aliphatic heterocycles. The molecule has 2 aromatic rings. The highest BCUT2D eigenvalue weighted by molar-refractivity contribution is 6.31. The molecule has 0 radical (unpaired) electrons. The van der Waals surface area contributed by atoms with Crippen molar-refractivity contribution in [3.8, 4) is 0 Å². The van der Waals surface area contributed by atoms with Gasteiger partial charge in [-0.05, 0) is 18.2 Å². The van der Waals surface area contributed by atoms with Crippen LogP contribution >= 0.6 is 11.6 Å². The lowest BCUT2D eigenvalue weighted by Crippen LogP contribution is -2.03. The number of aryl methyl sites for hydroxylation is 1. The fourth-order valence-corrected chi connectivity index (χ4v) is 1.67. The van der Waals surface area contributed by atoms with E-state index in [0.29, 0.717) is 5.02 Å². The van der Waals surface area contributed by atoms with Crippen molar-refractivity contribution in [1.29, 1.82) is 0 Å². The van der Waals surface area contributed by atoms with Crippen LogP contribution in [0.2, 0.25) is 5.02 Å². The average Bonchev–Trinajstić information content (AvgIpc) is 2.44. The zero-order valence-corrected chi connectivity index (χ0v) is 8.25. The minimum atomic E-state index is -0.931. The van der Waals surface area contributed by atoms with E-state index in [1.807, 2.05) is 6.07 Å². The fraction of sp³-hybridized carbons (Fsp3) is 0.100. The summed E-state index contributed by atoms with van der Waals surface area (Å²) in [6.45, 7) is 0. The van der Waals surface area contributed by atoms with E-state index in [0.717, 1.165) is 10.9 Å². The third-order valence-electron chi connectivity index (χ3n) is 2.23. The van der Waals surface area contributed by atoms with Gasteiger partial charge in [0, 0.05) is 23.0 Å². The topological polar surface area (TPSA) is 42.2 Å². The molecule has 3 nitrogen and oxygen atoms in total. The van der Waals surface area contributed by atoms with E-state index in [4.69, 9.17) is 16.7 Å². The highest BCUT2D eigenvalue weighted by Crippen LogP contribution is 2.22. The van der Waals surface area contributed by atoms with Gasteiger partial charge in [-0.1, -0.05) is 17.7 Å². The van der Waals surface area contributed by atoms with Gasteiger partial charge in [-0.25, -0.2) is 4.79 Å². The average molecular weight is 210 g/mol. The summed E-state index contributed by atoms with van der Waals surface area (Å²) in [7, 11) is 1.71. The predicted molar refractivity (Wildman–Crippen MR) is 54.9 cm³/mol. The predicted octanol–water partition coefficient (Wildman–Crippen LogP) is 2.53. The van der Waals surface area contributed by atoms with Gasteiger partial charge in [0.2, 0.25) is 0 Å². The number of aromatic nitrogens is 1. The molecule has 1 aromatic carbocycles. The highest BCUT2D eigenvalue weighted by Gasteiger charge is 2.11. The van der Waals surface area contributed by atoms with E-state index < -0.39 is 5.97 Å². The first-order valence-corrected chi connectivity index (χ1v) is 4.45. The number of carboxylic acids is 1. The van der Waals surface area contributed by atoms with Crippen LogP contribution in [0.15, 0.2) is 24.3 Å². The Bertz CT molecular complexity index is 516. The molecule has 1 heterocycles. The summed E-state index contributed by atoms with van der Waals surface area (Å²) in [5.41, 5.74) is 1.09. The van der Waals surface area contributed by atoms with Crippen LogP contribution in [0, 0.1) is 0 Å². The van der Waals surface area contributed by atoms with Gasteiger partial charge in [-0.2, -0.15) is 0 Å². The maximum Gasteiger partial charge on any atom is 0.352 e. The molecule has 0 atom stereocenters. The van der Waals surface area contributed by atoms with Crippen LogP contribution < -0.4 is 0 Å². The van der Waals surface area contributed by atoms with E-state index in [1.165, 1.54) is 0 Å². The Morgan fingerprint density at radius 2 is 2.14 bits per heavy atom. The Balaban J connectivity index is 2.80. The van der Waals surface area contributed by atoms with Gasteiger partial charge in [0.15, 0.2) is 0 Å². The number of nitrogens with zero attached hydrogens (tertiary/aromatic N) is 1. The van der Waals surface area contributed by atoms with Gasteiger partial charge in [-0.15, -0.1) is 0 Å². The highest BCUT2D eigenvalue weighted by atomic mass is 35.5. The summed E-state index contributed by atoms with van der Waals surface area (Å²) in [4.78, 5) is 10.8. The number of hydrogen-bond donors (Lipinski definition) is 1. The number of fused-ring (bicyclic) bond motifs is 1. The molecule has 1 N–H and O–H groups in total. The zero-order chi connectivity index (χ0) is 10.3. The maximum atomic E-state index is 10.8. The third-order valence-corrected chi connectivity index (χ3v) is 2.46. The van der Waals surface area contributed by atoms with Crippen LogP contribution in [0.3, 0.4) is 0 Å². The molecule has 2 rings (SSSR count). The quantitative estimate of drug-likeness (QED) is 0.784. The standard InChI is InChI=1S/C10H8ClNO2/c1-12-8-5-7(11)3-2-6(8)4-9(12)10(13)14/h2-5H,1H3,(H,13,14). The number of hydrogen-bond acceptors (Lipinski definition) is 1. The molecule has 4 heteroatoms. The fourth-order valence-electron chi connectivity index (χ4n) is 1.51. The molecule has 1 aromatic heterocycles. The zero-order valence-electron chi connectivity index (χ0n) is 7.49. The summed E-state index contributed by atoms with van der Waals surface area (Å²) in [5, 5.41) is 10.4. The van der Waals surface area contributed by atoms with Crippen LogP contribution in [0.1, 0.15) is 10.5 Å². The van der Waals surface area contributed by atoms with Crippen LogP contribution in [0.5, 0.6) is 0 Å². The van der Waals surface area contributed by atoms with Crippen molar-refractivity contribution in [3.05, 3.63) is 35.0 Å². The molecule has 0 aliphatic rings. The second-order valence-corrected chi connectivity index (χ2v) is 3.53. The van der Waals surface area contributed by atoms with Gasteiger partial charge in [-0.3, -0.25) is 0 Å². The molecule has 0 unspecified atom stereocenters. The molecule has 0 spiro atoms. The molecule has 0 saturated carbocycles. The molecular formula is C10H8ClNO2. The number of carboxylic acid groups (broad SMARTS) is 1.